The molecule has 0 aliphatic carbocycles. The van der Waals surface area contributed by atoms with Crippen molar-refractivity contribution < 1.29 is 0 Å². The Balaban J connectivity index is 1.59. The van der Waals surface area contributed by atoms with E-state index in [4.69, 9.17) is 12.6 Å². The summed E-state index contributed by atoms with van der Waals surface area (Å²) in [6, 6.07) is 49.5. The van der Waals surface area contributed by atoms with E-state index in [2.05, 4.69) is 238 Å². The van der Waals surface area contributed by atoms with Gasteiger partial charge in [-0.2, -0.15) is 0 Å². The Labute approximate surface area is 412 Å². The second kappa shape index (κ2) is 20.6. The average Bonchev–Trinajstić information content (AvgIpc) is 3.29. The maximum absolute atomic E-state index is 5.64. The lowest BCUT2D eigenvalue weighted by molar-refractivity contribution is 0.836. The summed E-state index contributed by atoms with van der Waals surface area (Å²) in [5.41, 5.74) is 26.4. The minimum atomic E-state index is 0.370. The molecule has 0 spiro atoms. The molecule has 348 valence electrons. The summed E-state index contributed by atoms with van der Waals surface area (Å²) in [7, 11) is 0. The summed E-state index contributed by atoms with van der Waals surface area (Å²) < 4.78 is 0. The average molecular weight is 903 g/mol. The minimum Gasteiger partial charge on any atom is -0.142 e. The van der Waals surface area contributed by atoms with Gasteiger partial charge in [0.05, 0.1) is 0 Å². The summed E-state index contributed by atoms with van der Waals surface area (Å²) in [5, 5.41) is 0. The van der Waals surface area contributed by atoms with Crippen molar-refractivity contribution in [2.75, 3.05) is 0 Å². The SMILES string of the molecule is CC(C)c1cccc(C(C)C)c1-c1cc(-c2cccc(-c3cc(-c4c(C(C)C)cccc4C(C)C)cc(-c4c(C(C)C)cccc4C(C)C)c3)c2S)cc(-c2c(C(C)C)cccc2C(C)C)c1. The van der Waals surface area contributed by atoms with Crippen LogP contribution in [0, 0.1) is 0 Å². The Morgan fingerprint density at radius 3 is 0.582 bits per heavy atom. The molecule has 0 bridgehead atoms. The fraction of sp³-hybridized carbons (Fsp3) is 0.364. The Morgan fingerprint density at radius 1 is 0.239 bits per heavy atom. The van der Waals surface area contributed by atoms with E-state index in [0.29, 0.717) is 47.3 Å². The maximum atomic E-state index is 5.64. The molecule has 0 aliphatic heterocycles. The first-order valence-corrected chi connectivity index (χ1v) is 25.9. The van der Waals surface area contributed by atoms with Crippen LogP contribution in [0.1, 0.15) is 203 Å². The number of benzene rings is 7. The van der Waals surface area contributed by atoms with E-state index in [9.17, 15) is 0 Å². The second-order valence-corrected chi connectivity index (χ2v) is 22.2. The smallest absolute Gasteiger partial charge is 0.0197 e. The predicted octanol–water partition coefficient (Wildman–Crippen LogP) is 21.0. The lowest BCUT2D eigenvalue weighted by Crippen LogP contribution is -2.03. The van der Waals surface area contributed by atoms with Gasteiger partial charge in [0.1, 0.15) is 0 Å². The highest BCUT2D eigenvalue weighted by Crippen LogP contribution is 2.48. The van der Waals surface area contributed by atoms with E-state index in [1.165, 1.54) is 100 Å². The van der Waals surface area contributed by atoms with Crippen molar-refractivity contribution >= 4 is 12.6 Å². The van der Waals surface area contributed by atoms with Crippen LogP contribution in [0.15, 0.2) is 132 Å². The molecule has 0 fully saturated rings. The van der Waals surface area contributed by atoms with Gasteiger partial charge < -0.3 is 0 Å². The Hall–Kier alpha value is -5.11. The minimum absolute atomic E-state index is 0.370. The van der Waals surface area contributed by atoms with E-state index in [0.717, 1.165) is 16.0 Å². The van der Waals surface area contributed by atoms with Crippen molar-refractivity contribution in [3.63, 3.8) is 0 Å². The van der Waals surface area contributed by atoms with Crippen LogP contribution in [0.2, 0.25) is 0 Å². The van der Waals surface area contributed by atoms with Crippen LogP contribution in [-0.2, 0) is 0 Å². The molecule has 0 N–H and O–H groups in total. The lowest BCUT2D eigenvalue weighted by Gasteiger charge is -2.25. The van der Waals surface area contributed by atoms with E-state index >= 15 is 0 Å². The molecule has 0 amide bonds. The molecule has 1 heteroatoms. The summed E-state index contributed by atoms with van der Waals surface area (Å²) in [5.74, 6) is 2.96. The molecule has 7 aromatic rings. The fourth-order valence-electron chi connectivity index (χ4n) is 10.7. The normalized spacial score (nSPS) is 12.1. The predicted molar refractivity (Wildman–Crippen MR) is 299 cm³/mol. The van der Waals surface area contributed by atoms with Crippen LogP contribution in [-0.4, -0.2) is 0 Å². The molecule has 0 saturated carbocycles. The molecular weight excluding hydrogens is 825 g/mol. The first-order chi connectivity index (χ1) is 31.8. The largest absolute Gasteiger partial charge is 0.142 e. The van der Waals surface area contributed by atoms with Crippen LogP contribution in [0.3, 0.4) is 0 Å². The van der Waals surface area contributed by atoms with Crippen molar-refractivity contribution in [1.29, 1.82) is 0 Å². The highest BCUT2D eigenvalue weighted by molar-refractivity contribution is 7.80. The molecule has 0 heterocycles. The van der Waals surface area contributed by atoms with E-state index < -0.39 is 0 Å². The number of thiol groups is 1. The van der Waals surface area contributed by atoms with Crippen LogP contribution in [0.5, 0.6) is 0 Å². The molecule has 0 nitrogen and oxygen atoms in total. The van der Waals surface area contributed by atoms with Crippen LogP contribution >= 0.6 is 12.6 Å². The summed E-state index contributed by atoms with van der Waals surface area (Å²) in [4.78, 5) is 0.999. The van der Waals surface area contributed by atoms with Crippen LogP contribution < -0.4 is 0 Å². The van der Waals surface area contributed by atoms with Crippen molar-refractivity contribution in [3.05, 3.63) is 172 Å². The first kappa shape index (κ1) is 49.8. The van der Waals surface area contributed by atoms with E-state index in [-0.39, 0.29) is 0 Å². The van der Waals surface area contributed by atoms with Crippen molar-refractivity contribution in [2.24, 2.45) is 0 Å². The molecular formula is C66H78S. The number of hydrogen-bond acceptors (Lipinski definition) is 1. The molecule has 0 aliphatic rings. The molecule has 67 heavy (non-hydrogen) atoms. The number of rotatable bonds is 14. The Morgan fingerprint density at radius 2 is 0.403 bits per heavy atom. The molecule has 0 unspecified atom stereocenters. The maximum Gasteiger partial charge on any atom is 0.0197 e. The van der Waals surface area contributed by atoms with Gasteiger partial charge in [-0.1, -0.05) is 202 Å². The molecule has 7 aromatic carbocycles. The van der Waals surface area contributed by atoms with Gasteiger partial charge in [-0.15, -0.1) is 12.6 Å². The third-order valence-electron chi connectivity index (χ3n) is 14.2. The van der Waals surface area contributed by atoms with Gasteiger partial charge >= 0.3 is 0 Å². The zero-order valence-corrected chi connectivity index (χ0v) is 44.6. The first-order valence-electron chi connectivity index (χ1n) is 25.5. The highest BCUT2D eigenvalue weighted by atomic mass is 32.1. The zero-order chi connectivity index (χ0) is 48.6. The van der Waals surface area contributed by atoms with Crippen LogP contribution in [0.4, 0.5) is 0 Å². The van der Waals surface area contributed by atoms with Crippen LogP contribution in [0.25, 0.3) is 66.8 Å². The van der Waals surface area contributed by atoms with Gasteiger partial charge in [0.25, 0.3) is 0 Å². The molecule has 7 rings (SSSR count). The van der Waals surface area contributed by atoms with E-state index in [1.54, 1.807) is 0 Å². The quantitative estimate of drug-likeness (QED) is 0.103. The van der Waals surface area contributed by atoms with Gasteiger partial charge in [-0.25, -0.2) is 0 Å². The summed E-state index contributed by atoms with van der Waals surface area (Å²) in [6.07, 6.45) is 0. The third kappa shape index (κ3) is 10.1. The van der Waals surface area contributed by atoms with Crippen molar-refractivity contribution in [3.8, 4) is 66.8 Å². The Kier molecular flexibility index (Phi) is 15.3. The molecule has 0 atom stereocenters. The Bertz CT molecular complexity index is 2410. The van der Waals surface area contributed by atoms with Gasteiger partial charge in [0, 0.05) is 4.90 Å². The lowest BCUT2D eigenvalue weighted by atomic mass is 9.80. The highest BCUT2D eigenvalue weighted by Gasteiger charge is 2.24. The fourth-order valence-corrected chi connectivity index (χ4v) is 11.1. The molecule has 0 saturated heterocycles. The van der Waals surface area contributed by atoms with Gasteiger partial charge in [-0.05, 0) is 195 Å². The standard InChI is InChI=1S/C66H78S/c1-38(2)52-22-17-23-53(39(3)4)62(52)48-32-46(33-49(36-48)63-54(40(5)6)24-18-25-55(63)41(7)8)60-30-21-31-61(66(60)67)47-34-50(64-56(42(9)10)26-19-27-57(64)43(11)12)37-51(35-47)65-58(44(13)14)28-20-29-59(65)45(15)16/h17-45,67H,1-16H3. The topological polar surface area (TPSA) is 0 Å². The molecule has 0 aromatic heterocycles. The third-order valence-corrected chi connectivity index (χ3v) is 14.7. The molecule has 0 radical (unpaired) electrons. The van der Waals surface area contributed by atoms with Crippen molar-refractivity contribution in [2.45, 2.75) is 163 Å². The summed E-state index contributed by atoms with van der Waals surface area (Å²) >= 11 is 5.64. The van der Waals surface area contributed by atoms with Gasteiger partial charge in [-0.3, -0.25) is 0 Å². The summed E-state index contributed by atoms with van der Waals surface area (Å²) in [6.45, 7) is 37.4. The van der Waals surface area contributed by atoms with E-state index in [1.807, 2.05) is 0 Å². The van der Waals surface area contributed by atoms with Gasteiger partial charge in [0.2, 0.25) is 0 Å². The monoisotopic (exact) mass is 903 g/mol. The zero-order valence-electron chi connectivity index (χ0n) is 43.7. The second-order valence-electron chi connectivity index (χ2n) is 21.8. The van der Waals surface area contributed by atoms with Crippen molar-refractivity contribution in [1.82, 2.24) is 0 Å². The number of hydrogen-bond donors (Lipinski definition) is 1. The van der Waals surface area contributed by atoms with Gasteiger partial charge in [0.15, 0.2) is 0 Å².